The van der Waals surface area contributed by atoms with Gasteiger partial charge in [-0.05, 0) is 32.1 Å². The van der Waals surface area contributed by atoms with Crippen LogP contribution in [0.5, 0.6) is 0 Å². The maximum absolute atomic E-state index is 5.82. The third-order valence-electron chi connectivity index (χ3n) is 2.95. The van der Waals surface area contributed by atoms with Gasteiger partial charge in [0.1, 0.15) is 11.1 Å². The number of hydrogen-bond acceptors (Lipinski definition) is 4. The van der Waals surface area contributed by atoms with Crippen LogP contribution in [-0.2, 0) is 17.7 Å². The van der Waals surface area contributed by atoms with E-state index in [0.717, 1.165) is 23.7 Å². The average molecular weight is 240 g/mol. The van der Waals surface area contributed by atoms with Crippen molar-refractivity contribution in [3.8, 4) is 0 Å². The van der Waals surface area contributed by atoms with Crippen LogP contribution in [0.4, 0.5) is 0 Å². The van der Waals surface area contributed by atoms with Gasteiger partial charge in [0.15, 0.2) is 0 Å². The predicted molar refractivity (Wildman–Crippen MR) is 66.5 cm³/mol. The van der Waals surface area contributed by atoms with Gasteiger partial charge in [-0.25, -0.2) is 4.98 Å². The molecule has 1 unspecified atom stereocenters. The Bertz CT molecular complexity index is 325. The van der Waals surface area contributed by atoms with Crippen molar-refractivity contribution in [3.63, 3.8) is 0 Å². The minimum absolute atomic E-state index is 0.223. The zero-order chi connectivity index (χ0) is 11.5. The topological polar surface area (TPSA) is 48.1 Å². The molecule has 1 heterocycles. The quantitative estimate of drug-likeness (QED) is 0.831. The first kappa shape index (κ1) is 12.0. The molecule has 0 radical (unpaired) electrons. The fourth-order valence-corrected chi connectivity index (χ4v) is 3.12. The Kier molecular flexibility index (Phi) is 3.95. The number of aryl methyl sites for hydroxylation is 1. The normalized spacial score (nSPS) is 17.7. The van der Waals surface area contributed by atoms with Crippen LogP contribution in [-0.4, -0.2) is 11.6 Å². The largest absolute Gasteiger partial charge is 0.371 e. The third-order valence-corrected chi connectivity index (χ3v) is 4.14. The van der Waals surface area contributed by atoms with Gasteiger partial charge in [-0.1, -0.05) is 6.92 Å². The van der Waals surface area contributed by atoms with Crippen LogP contribution in [0.3, 0.4) is 0 Å². The van der Waals surface area contributed by atoms with Crippen LogP contribution >= 0.6 is 11.3 Å². The van der Waals surface area contributed by atoms with E-state index in [0.29, 0.717) is 12.5 Å². The van der Waals surface area contributed by atoms with Crippen molar-refractivity contribution >= 4 is 11.3 Å². The minimum atomic E-state index is 0.223. The Morgan fingerprint density at radius 1 is 1.50 bits per heavy atom. The first-order chi connectivity index (χ1) is 7.80. The third kappa shape index (κ3) is 2.44. The van der Waals surface area contributed by atoms with Crippen molar-refractivity contribution in [2.24, 2.45) is 11.7 Å². The van der Waals surface area contributed by atoms with Crippen molar-refractivity contribution in [1.29, 1.82) is 0 Å². The molecule has 2 rings (SSSR count). The number of aromatic nitrogens is 1. The van der Waals surface area contributed by atoms with Crippen LogP contribution in [0.2, 0.25) is 0 Å². The van der Waals surface area contributed by atoms with Gasteiger partial charge in [0.05, 0.1) is 5.69 Å². The van der Waals surface area contributed by atoms with Gasteiger partial charge in [-0.15, -0.1) is 11.3 Å². The molecule has 0 bridgehead atoms. The average Bonchev–Trinajstić information content (AvgIpc) is 3.05. The molecule has 4 heteroatoms. The van der Waals surface area contributed by atoms with Gasteiger partial charge in [0.2, 0.25) is 0 Å². The van der Waals surface area contributed by atoms with E-state index in [4.69, 9.17) is 15.5 Å². The maximum atomic E-state index is 5.82. The Hall–Kier alpha value is -0.450. The van der Waals surface area contributed by atoms with Crippen LogP contribution < -0.4 is 5.73 Å². The summed E-state index contributed by atoms with van der Waals surface area (Å²) in [6.07, 6.45) is 3.75. The molecule has 1 aliphatic rings. The Morgan fingerprint density at radius 2 is 2.25 bits per heavy atom. The summed E-state index contributed by atoms with van der Waals surface area (Å²) in [4.78, 5) is 5.92. The Labute approximate surface area is 101 Å². The Morgan fingerprint density at radius 3 is 2.69 bits per heavy atom. The van der Waals surface area contributed by atoms with E-state index in [9.17, 15) is 0 Å². The summed E-state index contributed by atoms with van der Waals surface area (Å²) in [5.74, 6) is 0.696. The lowest BCUT2D eigenvalue weighted by Crippen LogP contribution is -2.06. The van der Waals surface area contributed by atoms with Crippen molar-refractivity contribution in [1.82, 2.24) is 4.98 Å². The van der Waals surface area contributed by atoms with Crippen molar-refractivity contribution in [2.45, 2.75) is 45.8 Å². The maximum Gasteiger partial charge on any atom is 0.122 e. The minimum Gasteiger partial charge on any atom is -0.371 e. The number of ether oxygens (including phenoxy) is 1. The molecule has 1 atom stereocenters. The van der Waals surface area contributed by atoms with Crippen molar-refractivity contribution in [2.75, 3.05) is 6.61 Å². The van der Waals surface area contributed by atoms with Gasteiger partial charge in [0.25, 0.3) is 0 Å². The molecule has 1 fully saturated rings. The molecular weight excluding hydrogens is 220 g/mol. The highest BCUT2D eigenvalue weighted by molar-refractivity contribution is 7.11. The predicted octanol–water partition coefficient (Wildman–Crippen LogP) is 2.65. The zero-order valence-electron chi connectivity index (χ0n) is 10.0. The molecule has 0 aliphatic heterocycles. The van der Waals surface area contributed by atoms with E-state index in [2.05, 4.69) is 6.92 Å². The fourth-order valence-electron chi connectivity index (χ4n) is 1.95. The molecular formula is C12H20N2OS. The van der Waals surface area contributed by atoms with Gasteiger partial charge in [-0.2, -0.15) is 0 Å². The molecule has 1 aliphatic carbocycles. The van der Waals surface area contributed by atoms with Gasteiger partial charge < -0.3 is 10.5 Å². The van der Waals surface area contributed by atoms with E-state index in [1.807, 2.05) is 6.92 Å². The lowest BCUT2D eigenvalue weighted by Gasteiger charge is -2.12. The SMILES string of the molecule is CCOC(c1nc(CC)c(CN)s1)C1CC1. The van der Waals surface area contributed by atoms with Crippen LogP contribution in [0.25, 0.3) is 0 Å². The van der Waals surface area contributed by atoms with E-state index < -0.39 is 0 Å². The molecule has 0 spiro atoms. The molecule has 0 aromatic carbocycles. The molecule has 16 heavy (non-hydrogen) atoms. The van der Waals surface area contributed by atoms with Crippen LogP contribution in [0.1, 0.15) is 48.4 Å². The summed E-state index contributed by atoms with van der Waals surface area (Å²) < 4.78 is 5.82. The second-order valence-electron chi connectivity index (χ2n) is 4.19. The monoisotopic (exact) mass is 240 g/mol. The van der Waals surface area contributed by atoms with E-state index in [-0.39, 0.29) is 6.10 Å². The Balaban J connectivity index is 2.19. The van der Waals surface area contributed by atoms with E-state index in [1.54, 1.807) is 11.3 Å². The van der Waals surface area contributed by atoms with Gasteiger partial charge in [0, 0.05) is 18.0 Å². The lowest BCUT2D eigenvalue weighted by molar-refractivity contribution is 0.0461. The number of nitrogens with zero attached hydrogens (tertiary/aromatic N) is 1. The summed E-state index contributed by atoms with van der Waals surface area (Å²) in [5.41, 5.74) is 6.90. The molecule has 1 saturated carbocycles. The van der Waals surface area contributed by atoms with Crippen molar-refractivity contribution in [3.05, 3.63) is 15.6 Å². The molecule has 90 valence electrons. The van der Waals surface area contributed by atoms with Crippen LogP contribution in [0.15, 0.2) is 0 Å². The highest BCUT2D eigenvalue weighted by Crippen LogP contribution is 2.44. The van der Waals surface area contributed by atoms with Crippen molar-refractivity contribution < 1.29 is 4.74 Å². The molecule has 2 N–H and O–H groups in total. The number of rotatable bonds is 6. The fraction of sp³-hybridized carbons (Fsp3) is 0.750. The second-order valence-corrected chi connectivity index (χ2v) is 5.31. The summed E-state index contributed by atoms with van der Waals surface area (Å²) in [6.45, 7) is 5.54. The number of hydrogen-bond donors (Lipinski definition) is 1. The highest BCUT2D eigenvalue weighted by Gasteiger charge is 2.35. The summed E-state index contributed by atoms with van der Waals surface area (Å²) in [7, 11) is 0. The highest BCUT2D eigenvalue weighted by atomic mass is 32.1. The lowest BCUT2D eigenvalue weighted by atomic mass is 10.2. The van der Waals surface area contributed by atoms with Gasteiger partial charge >= 0.3 is 0 Å². The molecule has 1 aromatic rings. The second kappa shape index (κ2) is 5.25. The zero-order valence-corrected chi connectivity index (χ0v) is 10.8. The molecule has 3 nitrogen and oxygen atoms in total. The molecule has 0 amide bonds. The molecule has 0 saturated heterocycles. The van der Waals surface area contributed by atoms with E-state index >= 15 is 0 Å². The van der Waals surface area contributed by atoms with E-state index in [1.165, 1.54) is 17.7 Å². The summed E-state index contributed by atoms with van der Waals surface area (Å²) >= 11 is 1.74. The number of nitrogens with two attached hydrogens (primary N) is 1. The van der Waals surface area contributed by atoms with Crippen LogP contribution in [0, 0.1) is 5.92 Å². The summed E-state index contributed by atoms with van der Waals surface area (Å²) in [5, 5.41) is 1.14. The standard InChI is InChI=1S/C12H20N2OS/c1-3-9-10(7-13)16-12(14-9)11(15-4-2)8-5-6-8/h8,11H,3-7,13H2,1-2H3. The first-order valence-corrected chi connectivity index (χ1v) is 6.91. The summed E-state index contributed by atoms with van der Waals surface area (Å²) in [6, 6.07) is 0. The van der Waals surface area contributed by atoms with Gasteiger partial charge in [-0.3, -0.25) is 0 Å². The molecule has 1 aromatic heterocycles. The number of thiazole rings is 1. The smallest absolute Gasteiger partial charge is 0.122 e. The first-order valence-electron chi connectivity index (χ1n) is 6.10.